The van der Waals surface area contributed by atoms with Crippen molar-refractivity contribution >= 4 is 11.8 Å². The van der Waals surface area contributed by atoms with Gasteiger partial charge in [0.05, 0.1) is 14.2 Å². The van der Waals surface area contributed by atoms with Gasteiger partial charge in [0.25, 0.3) is 0 Å². The molecular formula is C14H16O4. The molecule has 0 aromatic heterocycles. The monoisotopic (exact) mass is 248 g/mol. The minimum Gasteiger partial charge on any atom is -0.497 e. The zero-order valence-electron chi connectivity index (χ0n) is 10.6. The van der Waals surface area contributed by atoms with Crippen molar-refractivity contribution in [2.75, 3.05) is 14.2 Å². The Kier molecular flexibility index (Phi) is 3.65. The lowest BCUT2D eigenvalue weighted by Gasteiger charge is -2.11. The summed E-state index contributed by atoms with van der Waals surface area (Å²) >= 11 is 0. The Labute approximate surface area is 106 Å². The first-order valence-corrected chi connectivity index (χ1v) is 5.96. The van der Waals surface area contributed by atoms with Gasteiger partial charge in [0.2, 0.25) is 0 Å². The highest BCUT2D eigenvalue weighted by Gasteiger charge is 2.31. The number of ketones is 1. The summed E-state index contributed by atoms with van der Waals surface area (Å²) in [6.07, 6.45) is 2.16. The smallest absolute Gasteiger partial charge is 0.316 e. The lowest BCUT2D eigenvalue weighted by molar-refractivity contribution is -0.143. The van der Waals surface area contributed by atoms with Gasteiger partial charge in [0.15, 0.2) is 5.78 Å². The quantitative estimate of drug-likeness (QED) is 0.456. The van der Waals surface area contributed by atoms with Gasteiger partial charge in [0.1, 0.15) is 11.7 Å². The largest absolute Gasteiger partial charge is 0.497 e. The van der Waals surface area contributed by atoms with E-state index in [9.17, 15) is 9.59 Å². The Bertz CT molecular complexity index is 479. The Morgan fingerprint density at radius 2 is 2.11 bits per heavy atom. The van der Waals surface area contributed by atoms with Gasteiger partial charge < -0.3 is 9.47 Å². The highest BCUT2D eigenvalue weighted by molar-refractivity contribution is 6.09. The molecule has 0 bridgehead atoms. The fourth-order valence-corrected chi connectivity index (χ4v) is 2.31. The van der Waals surface area contributed by atoms with Crippen molar-refractivity contribution in [3.63, 3.8) is 0 Å². The number of aryl methyl sites for hydroxylation is 1. The molecule has 2 rings (SSSR count). The van der Waals surface area contributed by atoms with Crippen molar-refractivity contribution in [3.05, 3.63) is 29.3 Å². The molecule has 0 saturated heterocycles. The Balaban J connectivity index is 2.41. The normalized spacial score (nSPS) is 18.8. The second-order valence-electron chi connectivity index (χ2n) is 4.36. The molecule has 96 valence electrons. The van der Waals surface area contributed by atoms with Crippen LogP contribution >= 0.6 is 0 Å². The summed E-state index contributed by atoms with van der Waals surface area (Å²) in [5.74, 6) is -0.653. The predicted molar refractivity (Wildman–Crippen MR) is 65.8 cm³/mol. The molecule has 1 aromatic rings. The number of hydrogen-bond acceptors (Lipinski definition) is 4. The standard InChI is InChI=1S/C14H16O4/c1-17-10-7-6-9-4-3-5-11(14(16)18-2)13(15)12(9)8-10/h6-8,11H,3-5H2,1-2H3. The molecule has 18 heavy (non-hydrogen) atoms. The number of carbonyl (C=O) groups excluding carboxylic acids is 2. The van der Waals surface area contributed by atoms with Gasteiger partial charge in [-0.1, -0.05) is 6.07 Å². The number of rotatable bonds is 2. The van der Waals surface area contributed by atoms with Crippen LogP contribution in [0.2, 0.25) is 0 Å². The van der Waals surface area contributed by atoms with Crippen LogP contribution in [0.1, 0.15) is 28.8 Å². The number of hydrogen-bond donors (Lipinski definition) is 0. The molecule has 0 spiro atoms. The molecule has 1 aliphatic rings. The van der Waals surface area contributed by atoms with Crippen LogP contribution in [0.5, 0.6) is 5.75 Å². The molecule has 0 fully saturated rings. The van der Waals surface area contributed by atoms with Gasteiger partial charge in [-0.15, -0.1) is 0 Å². The van der Waals surface area contributed by atoms with Crippen LogP contribution in [0.3, 0.4) is 0 Å². The molecule has 0 radical (unpaired) electrons. The third-order valence-electron chi connectivity index (χ3n) is 3.32. The number of Topliss-reactive ketones (excluding diaryl/α,β-unsaturated/α-hetero) is 1. The Morgan fingerprint density at radius 1 is 1.33 bits per heavy atom. The van der Waals surface area contributed by atoms with E-state index in [0.29, 0.717) is 17.7 Å². The second kappa shape index (κ2) is 5.21. The summed E-state index contributed by atoms with van der Waals surface area (Å²) in [4.78, 5) is 24.0. The maximum Gasteiger partial charge on any atom is 0.316 e. The fraction of sp³-hybridized carbons (Fsp3) is 0.429. The van der Waals surface area contributed by atoms with E-state index in [1.165, 1.54) is 7.11 Å². The second-order valence-corrected chi connectivity index (χ2v) is 4.36. The molecule has 0 N–H and O–H groups in total. The van der Waals surface area contributed by atoms with Crippen LogP contribution in [-0.4, -0.2) is 26.0 Å². The van der Waals surface area contributed by atoms with Crippen molar-refractivity contribution in [2.24, 2.45) is 5.92 Å². The molecule has 0 amide bonds. The van der Waals surface area contributed by atoms with E-state index < -0.39 is 11.9 Å². The molecule has 1 aromatic carbocycles. The average molecular weight is 248 g/mol. The zero-order chi connectivity index (χ0) is 13.1. The third kappa shape index (κ3) is 2.23. The van der Waals surface area contributed by atoms with Gasteiger partial charge in [-0.2, -0.15) is 0 Å². The summed E-state index contributed by atoms with van der Waals surface area (Å²) in [6.45, 7) is 0. The minimum absolute atomic E-state index is 0.159. The highest BCUT2D eigenvalue weighted by Crippen LogP contribution is 2.28. The maximum absolute atomic E-state index is 12.3. The van der Waals surface area contributed by atoms with Crippen molar-refractivity contribution < 1.29 is 19.1 Å². The van der Waals surface area contributed by atoms with Crippen LogP contribution in [0.15, 0.2) is 18.2 Å². The van der Waals surface area contributed by atoms with E-state index in [4.69, 9.17) is 9.47 Å². The molecule has 0 heterocycles. The Morgan fingerprint density at radius 3 is 2.78 bits per heavy atom. The zero-order valence-corrected chi connectivity index (χ0v) is 10.6. The van der Waals surface area contributed by atoms with Gasteiger partial charge in [0, 0.05) is 5.56 Å². The third-order valence-corrected chi connectivity index (χ3v) is 3.32. The number of esters is 1. The molecule has 4 heteroatoms. The van der Waals surface area contributed by atoms with Gasteiger partial charge in [-0.25, -0.2) is 0 Å². The molecular weight excluding hydrogens is 232 g/mol. The van der Waals surface area contributed by atoms with Crippen molar-refractivity contribution in [1.82, 2.24) is 0 Å². The number of ether oxygens (including phenoxy) is 2. The SMILES string of the molecule is COC(=O)C1CCCc2ccc(OC)cc2C1=O. The molecule has 1 unspecified atom stereocenters. The fourth-order valence-electron chi connectivity index (χ4n) is 2.31. The average Bonchev–Trinajstić information content (AvgIpc) is 2.57. The number of fused-ring (bicyclic) bond motifs is 1. The summed E-state index contributed by atoms with van der Waals surface area (Å²) in [6, 6.07) is 5.44. The van der Waals surface area contributed by atoms with E-state index in [-0.39, 0.29) is 5.78 Å². The van der Waals surface area contributed by atoms with Gasteiger partial charge >= 0.3 is 5.97 Å². The molecule has 4 nitrogen and oxygen atoms in total. The summed E-state index contributed by atoms with van der Waals surface area (Å²) in [5, 5.41) is 0. The number of benzene rings is 1. The number of carbonyl (C=O) groups is 2. The van der Waals surface area contributed by atoms with Crippen LogP contribution in [0.4, 0.5) is 0 Å². The van der Waals surface area contributed by atoms with E-state index in [1.807, 2.05) is 12.1 Å². The summed E-state index contributed by atoms with van der Waals surface area (Å²) < 4.78 is 9.82. The van der Waals surface area contributed by atoms with Crippen molar-refractivity contribution in [2.45, 2.75) is 19.3 Å². The molecule has 0 saturated carbocycles. The van der Waals surface area contributed by atoms with Crippen LogP contribution in [0, 0.1) is 5.92 Å². The first-order chi connectivity index (χ1) is 8.67. The molecule has 1 aliphatic carbocycles. The van der Waals surface area contributed by atoms with Crippen LogP contribution in [-0.2, 0) is 16.0 Å². The first-order valence-electron chi connectivity index (χ1n) is 5.96. The molecule has 0 aliphatic heterocycles. The highest BCUT2D eigenvalue weighted by atomic mass is 16.5. The van der Waals surface area contributed by atoms with Crippen molar-refractivity contribution in [1.29, 1.82) is 0 Å². The lowest BCUT2D eigenvalue weighted by Crippen LogP contribution is -2.24. The maximum atomic E-state index is 12.3. The van der Waals surface area contributed by atoms with Gasteiger partial charge in [-0.05, 0) is 37.0 Å². The van der Waals surface area contributed by atoms with E-state index in [2.05, 4.69) is 0 Å². The lowest BCUT2D eigenvalue weighted by atomic mass is 9.95. The van der Waals surface area contributed by atoms with Crippen molar-refractivity contribution in [3.8, 4) is 5.75 Å². The topological polar surface area (TPSA) is 52.6 Å². The molecule has 1 atom stereocenters. The summed E-state index contributed by atoms with van der Waals surface area (Å²) in [5.41, 5.74) is 1.56. The van der Waals surface area contributed by atoms with Crippen LogP contribution in [0.25, 0.3) is 0 Å². The minimum atomic E-state index is -0.677. The Hall–Kier alpha value is -1.84. The van der Waals surface area contributed by atoms with Crippen LogP contribution < -0.4 is 4.74 Å². The first kappa shape index (κ1) is 12.6. The predicted octanol–water partition coefficient (Wildman–Crippen LogP) is 2.00. The number of methoxy groups -OCH3 is 2. The van der Waals surface area contributed by atoms with E-state index in [0.717, 1.165) is 18.4 Å². The summed E-state index contributed by atoms with van der Waals surface area (Å²) in [7, 11) is 2.87. The van der Waals surface area contributed by atoms with E-state index >= 15 is 0 Å². The van der Waals surface area contributed by atoms with Gasteiger partial charge in [-0.3, -0.25) is 9.59 Å². The van der Waals surface area contributed by atoms with E-state index in [1.54, 1.807) is 13.2 Å².